The SMILES string of the molecule is CCC(CC1CC1)NCc1cccc(OCC#N)c1. The lowest BCUT2D eigenvalue weighted by molar-refractivity contribution is 0.367. The van der Waals surface area contributed by atoms with Gasteiger partial charge in [0.2, 0.25) is 0 Å². The summed E-state index contributed by atoms with van der Waals surface area (Å²) < 4.78 is 5.31. The van der Waals surface area contributed by atoms with Crippen molar-refractivity contribution in [3.05, 3.63) is 29.8 Å². The molecule has 1 aromatic rings. The van der Waals surface area contributed by atoms with Gasteiger partial charge in [0.25, 0.3) is 0 Å². The Morgan fingerprint density at radius 1 is 1.47 bits per heavy atom. The molecule has 0 spiro atoms. The number of nitrogens with zero attached hydrogens (tertiary/aromatic N) is 1. The van der Waals surface area contributed by atoms with Crippen molar-refractivity contribution in [2.45, 2.75) is 45.2 Å². The molecular weight excluding hydrogens is 236 g/mol. The summed E-state index contributed by atoms with van der Waals surface area (Å²) in [4.78, 5) is 0. The first-order valence-corrected chi connectivity index (χ1v) is 7.14. The number of rotatable bonds is 8. The minimum absolute atomic E-state index is 0.107. The minimum atomic E-state index is 0.107. The molecule has 1 aliphatic carbocycles. The Morgan fingerprint density at radius 3 is 3.00 bits per heavy atom. The molecule has 0 aliphatic heterocycles. The maximum atomic E-state index is 8.51. The van der Waals surface area contributed by atoms with E-state index < -0.39 is 0 Å². The molecule has 3 heteroatoms. The highest BCUT2D eigenvalue weighted by atomic mass is 16.5. The standard InChI is InChI=1S/C16H22N2O/c1-2-15(10-13-6-7-13)18-12-14-4-3-5-16(11-14)19-9-8-17/h3-5,11,13,15,18H,2,6-7,9-10,12H2,1H3. The summed E-state index contributed by atoms with van der Waals surface area (Å²) in [6.07, 6.45) is 5.31. The first kappa shape index (κ1) is 13.9. The highest BCUT2D eigenvalue weighted by molar-refractivity contribution is 5.28. The Morgan fingerprint density at radius 2 is 2.32 bits per heavy atom. The summed E-state index contributed by atoms with van der Waals surface area (Å²) in [6, 6.07) is 10.6. The van der Waals surface area contributed by atoms with Crippen molar-refractivity contribution in [2.75, 3.05) is 6.61 Å². The van der Waals surface area contributed by atoms with Gasteiger partial charge in [-0.3, -0.25) is 0 Å². The molecule has 1 N–H and O–H groups in total. The lowest BCUT2D eigenvalue weighted by Gasteiger charge is -2.17. The van der Waals surface area contributed by atoms with Crippen molar-refractivity contribution in [3.8, 4) is 11.8 Å². The van der Waals surface area contributed by atoms with Gasteiger partial charge in [-0.2, -0.15) is 5.26 Å². The summed E-state index contributed by atoms with van der Waals surface area (Å²) in [6.45, 7) is 3.22. The van der Waals surface area contributed by atoms with E-state index in [0.29, 0.717) is 6.04 Å². The monoisotopic (exact) mass is 258 g/mol. The third kappa shape index (κ3) is 4.92. The van der Waals surface area contributed by atoms with Crippen LogP contribution in [0.5, 0.6) is 5.75 Å². The molecule has 0 aromatic heterocycles. The maximum Gasteiger partial charge on any atom is 0.174 e. The van der Waals surface area contributed by atoms with Gasteiger partial charge < -0.3 is 10.1 Å². The van der Waals surface area contributed by atoms with Crippen LogP contribution in [-0.4, -0.2) is 12.6 Å². The van der Waals surface area contributed by atoms with Crippen LogP contribution in [0, 0.1) is 17.2 Å². The van der Waals surface area contributed by atoms with E-state index in [4.69, 9.17) is 10.00 Å². The van der Waals surface area contributed by atoms with Gasteiger partial charge in [-0.15, -0.1) is 0 Å². The van der Waals surface area contributed by atoms with Crippen LogP contribution < -0.4 is 10.1 Å². The molecule has 1 saturated carbocycles. The van der Waals surface area contributed by atoms with Crippen molar-refractivity contribution in [1.82, 2.24) is 5.32 Å². The highest BCUT2D eigenvalue weighted by Crippen LogP contribution is 2.34. The molecular formula is C16H22N2O. The summed E-state index contributed by atoms with van der Waals surface area (Å²) in [5.41, 5.74) is 1.21. The zero-order valence-electron chi connectivity index (χ0n) is 11.6. The summed E-state index contributed by atoms with van der Waals surface area (Å²) in [7, 11) is 0. The fourth-order valence-corrected chi connectivity index (χ4v) is 2.27. The van der Waals surface area contributed by atoms with Gasteiger partial charge in [0.1, 0.15) is 11.8 Å². The van der Waals surface area contributed by atoms with Crippen LogP contribution in [0.2, 0.25) is 0 Å². The molecule has 3 nitrogen and oxygen atoms in total. The summed E-state index contributed by atoms with van der Waals surface area (Å²) in [5.74, 6) is 1.74. The topological polar surface area (TPSA) is 45.0 Å². The van der Waals surface area contributed by atoms with Crippen molar-refractivity contribution in [1.29, 1.82) is 5.26 Å². The normalized spacial score (nSPS) is 15.8. The van der Waals surface area contributed by atoms with Crippen molar-refractivity contribution in [3.63, 3.8) is 0 Å². The van der Waals surface area contributed by atoms with Gasteiger partial charge in [-0.05, 0) is 36.5 Å². The maximum absolute atomic E-state index is 8.51. The van der Waals surface area contributed by atoms with E-state index in [0.717, 1.165) is 18.2 Å². The second-order valence-corrected chi connectivity index (χ2v) is 5.26. The molecule has 1 aliphatic rings. The van der Waals surface area contributed by atoms with Crippen LogP contribution in [0.25, 0.3) is 0 Å². The largest absolute Gasteiger partial charge is 0.479 e. The third-order valence-electron chi connectivity index (χ3n) is 3.60. The van der Waals surface area contributed by atoms with Crippen molar-refractivity contribution < 1.29 is 4.74 Å². The second kappa shape index (κ2) is 7.16. The number of benzene rings is 1. The van der Waals surface area contributed by atoms with Gasteiger partial charge in [0, 0.05) is 12.6 Å². The fraction of sp³-hybridized carbons (Fsp3) is 0.562. The first-order chi connectivity index (χ1) is 9.31. The molecule has 0 heterocycles. The van der Waals surface area contributed by atoms with E-state index in [-0.39, 0.29) is 6.61 Å². The second-order valence-electron chi connectivity index (χ2n) is 5.26. The molecule has 1 aromatic carbocycles. The van der Waals surface area contributed by atoms with Gasteiger partial charge >= 0.3 is 0 Å². The van der Waals surface area contributed by atoms with Crippen LogP contribution in [-0.2, 0) is 6.54 Å². The van der Waals surface area contributed by atoms with E-state index in [1.165, 1.54) is 31.2 Å². The number of hydrogen-bond acceptors (Lipinski definition) is 3. The number of ether oxygens (including phenoxy) is 1. The van der Waals surface area contributed by atoms with Crippen LogP contribution in [0.1, 0.15) is 38.2 Å². The van der Waals surface area contributed by atoms with E-state index in [2.05, 4.69) is 18.3 Å². The van der Waals surface area contributed by atoms with Gasteiger partial charge in [-0.1, -0.05) is 31.9 Å². The average molecular weight is 258 g/mol. The van der Waals surface area contributed by atoms with Crippen molar-refractivity contribution in [2.24, 2.45) is 5.92 Å². The summed E-state index contributed by atoms with van der Waals surface area (Å²) >= 11 is 0. The van der Waals surface area contributed by atoms with E-state index in [1.54, 1.807) is 0 Å². The van der Waals surface area contributed by atoms with Gasteiger partial charge in [0.05, 0.1) is 0 Å². The average Bonchev–Trinajstić information content (AvgIpc) is 3.25. The molecule has 0 radical (unpaired) electrons. The highest BCUT2D eigenvalue weighted by Gasteiger charge is 2.24. The smallest absolute Gasteiger partial charge is 0.174 e. The molecule has 0 bridgehead atoms. The zero-order chi connectivity index (χ0) is 13.5. The van der Waals surface area contributed by atoms with Crippen LogP contribution in [0.4, 0.5) is 0 Å². The van der Waals surface area contributed by atoms with E-state index in [9.17, 15) is 0 Å². The molecule has 102 valence electrons. The lowest BCUT2D eigenvalue weighted by atomic mass is 10.1. The molecule has 0 amide bonds. The Kier molecular flexibility index (Phi) is 5.23. The van der Waals surface area contributed by atoms with Gasteiger partial charge in [-0.25, -0.2) is 0 Å². The molecule has 2 rings (SSSR count). The molecule has 0 saturated heterocycles. The molecule has 1 unspecified atom stereocenters. The van der Waals surface area contributed by atoms with E-state index >= 15 is 0 Å². The van der Waals surface area contributed by atoms with Crippen LogP contribution in [0.15, 0.2) is 24.3 Å². The predicted octanol–water partition coefficient (Wildman–Crippen LogP) is 3.26. The first-order valence-electron chi connectivity index (χ1n) is 7.14. The number of nitriles is 1. The number of hydrogen-bond donors (Lipinski definition) is 1. The van der Waals surface area contributed by atoms with Gasteiger partial charge in [0.15, 0.2) is 6.61 Å². The Bertz CT molecular complexity index is 435. The minimum Gasteiger partial charge on any atom is -0.479 e. The van der Waals surface area contributed by atoms with Crippen molar-refractivity contribution >= 4 is 0 Å². The lowest BCUT2D eigenvalue weighted by Crippen LogP contribution is -2.28. The van der Waals surface area contributed by atoms with E-state index in [1.807, 2.05) is 24.3 Å². The fourth-order valence-electron chi connectivity index (χ4n) is 2.27. The molecule has 19 heavy (non-hydrogen) atoms. The number of nitrogens with one attached hydrogen (secondary N) is 1. The zero-order valence-corrected chi connectivity index (χ0v) is 11.6. The Labute approximate surface area is 115 Å². The van der Waals surface area contributed by atoms with Crippen LogP contribution >= 0.6 is 0 Å². The molecule has 1 atom stereocenters. The summed E-state index contributed by atoms with van der Waals surface area (Å²) in [5, 5.41) is 12.1. The quantitative estimate of drug-likeness (QED) is 0.778. The Balaban J connectivity index is 1.82. The Hall–Kier alpha value is -1.53. The third-order valence-corrected chi connectivity index (χ3v) is 3.60. The van der Waals surface area contributed by atoms with Crippen LogP contribution in [0.3, 0.4) is 0 Å². The molecule has 1 fully saturated rings. The predicted molar refractivity (Wildman–Crippen MR) is 75.8 cm³/mol.